The number of hydrogen-bond acceptors (Lipinski definition) is 0. The van der Waals surface area contributed by atoms with Crippen molar-refractivity contribution in [1.82, 2.24) is 0 Å². The molecule has 0 saturated heterocycles. The Balaban J connectivity index is 5.14. The maximum atomic E-state index is 3.76. The molecule has 29 heavy (non-hydrogen) atoms. The molecule has 0 unspecified atom stereocenters. The van der Waals surface area contributed by atoms with E-state index in [2.05, 4.69) is 57.3 Å². The summed E-state index contributed by atoms with van der Waals surface area (Å²) in [5.74, 6) is 10.7. The van der Waals surface area contributed by atoms with E-state index in [4.69, 9.17) is 0 Å². The van der Waals surface area contributed by atoms with Crippen LogP contribution in [0.5, 0.6) is 0 Å². The Kier molecular flexibility index (Phi) is 21.8. The predicted octanol–water partition coefficient (Wildman–Crippen LogP) is 8.77. The molecule has 0 radical (unpaired) electrons. The van der Waals surface area contributed by atoms with Gasteiger partial charge in [-0.25, -0.2) is 0 Å². The minimum absolute atomic E-state index is 1.04. The Bertz CT molecular complexity index is 466. The predicted molar refractivity (Wildman–Crippen MR) is 135 cm³/mol. The van der Waals surface area contributed by atoms with Crippen LogP contribution in [0.2, 0.25) is 4.44 Å². The Morgan fingerprint density at radius 2 is 0.759 bits per heavy atom. The molecule has 164 valence electrons. The monoisotopic (exact) mass is 504 g/mol. The van der Waals surface area contributed by atoms with Crippen LogP contribution in [-0.2, 0) is 0 Å². The first kappa shape index (κ1) is 28.5. The van der Waals surface area contributed by atoms with Crippen LogP contribution in [0, 0.1) is 29.6 Å². The molecule has 0 aliphatic carbocycles. The second kappa shape index (κ2) is 22.2. The summed E-state index contributed by atoms with van der Waals surface area (Å²) >= 11 is -2.98. The van der Waals surface area contributed by atoms with Crippen LogP contribution in [0.1, 0.15) is 137 Å². The molecule has 0 heterocycles. The summed E-state index contributed by atoms with van der Waals surface area (Å²) in [5.41, 5.74) is 0. The summed E-state index contributed by atoms with van der Waals surface area (Å²) in [6, 6.07) is 0. The third-order valence-corrected chi connectivity index (χ3v) is 13.6. The average molecular weight is 503 g/mol. The zero-order valence-corrected chi connectivity index (χ0v) is 23.1. The van der Waals surface area contributed by atoms with Gasteiger partial charge >= 0.3 is 189 Å². The summed E-state index contributed by atoms with van der Waals surface area (Å²) in [6.07, 6.45) is 21.1. The van der Waals surface area contributed by atoms with Crippen molar-refractivity contribution < 1.29 is 0 Å². The zero-order chi connectivity index (χ0) is 21.5. The molecule has 0 saturated carbocycles. The molecule has 0 atom stereocenters. The number of unbranched alkanes of at least 4 members (excludes halogenated alkanes) is 13. The molecular formula is C28H48Sn. The first-order valence-corrected chi connectivity index (χ1v) is 19.0. The zero-order valence-electron chi connectivity index (χ0n) is 20.2. The van der Waals surface area contributed by atoms with E-state index in [-0.39, 0.29) is 0 Å². The van der Waals surface area contributed by atoms with Crippen LogP contribution < -0.4 is 0 Å². The van der Waals surface area contributed by atoms with Crippen LogP contribution in [0.25, 0.3) is 0 Å². The van der Waals surface area contributed by atoms with E-state index in [1.807, 2.05) is 0 Å². The van der Waals surface area contributed by atoms with Gasteiger partial charge < -0.3 is 0 Å². The molecule has 0 aliphatic rings. The second-order valence-electron chi connectivity index (χ2n) is 8.35. The van der Waals surface area contributed by atoms with Gasteiger partial charge in [0.1, 0.15) is 0 Å². The van der Waals surface area contributed by atoms with Gasteiger partial charge in [-0.15, -0.1) is 0 Å². The molecule has 0 aromatic rings. The van der Waals surface area contributed by atoms with Gasteiger partial charge in [0.2, 0.25) is 0 Å². The summed E-state index contributed by atoms with van der Waals surface area (Å²) < 4.78 is 12.5. The van der Waals surface area contributed by atoms with Gasteiger partial charge in [0, 0.05) is 0 Å². The van der Waals surface area contributed by atoms with Crippen LogP contribution >= 0.6 is 0 Å². The fourth-order valence-electron chi connectivity index (χ4n) is 3.28. The Hall–Kier alpha value is -0.521. The van der Waals surface area contributed by atoms with Gasteiger partial charge in [-0.1, -0.05) is 0 Å². The Morgan fingerprint density at radius 1 is 0.414 bits per heavy atom. The molecule has 0 nitrogen and oxygen atoms in total. The van der Waals surface area contributed by atoms with Gasteiger partial charge in [0.15, 0.2) is 0 Å². The van der Waals surface area contributed by atoms with Gasteiger partial charge in [0.05, 0.1) is 0 Å². The molecule has 0 aliphatic heterocycles. The van der Waals surface area contributed by atoms with Crippen molar-refractivity contribution >= 4 is 18.4 Å². The molecular weight excluding hydrogens is 455 g/mol. The molecule has 0 aromatic heterocycles. The van der Waals surface area contributed by atoms with E-state index in [1.165, 1.54) is 94.3 Å². The molecule has 0 fully saturated rings. The van der Waals surface area contributed by atoms with Crippen molar-refractivity contribution in [1.29, 1.82) is 0 Å². The van der Waals surface area contributed by atoms with Crippen LogP contribution in [0.15, 0.2) is 0 Å². The molecule has 0 N–H and O–H groups in total. The van der Waals surface area contributed by atoms with E-state index < -0.39 is 18.4 Å². The summed E-state index contributed by atoms with van der Waals surface area (Å²) in [6.45, 7) is 9.09. The fourth-order valence-corrected chi connectivity index (χ4v) is 11.1. The Labute approximate surface area is 188 Å². The van der Waals surface area contributed by atoms with E-state index in [0.29, 0.717) is 0 Å². The molecule has 1 heteroatoms. The third-order valence-electron chi connectivity index (χ3n) is 5.28. The molecule has 0 amide bonds. The molecule has 0 bridgehead atoms. The average Bonchev–Trinajstić information content (AvgIpc) is 2.74. The van der Waals surface area contributed by atoms with E-state index in [0.717, 1.165) is 19.3 Å². The van der Waals surface area contributed by atoms with Crippen molar-refractivity contribution in [2.24, 2.45) is 0 Å². The van der Waals surface area contributed by atoms with Crippen molar-refractivity contribution in [2.75, 3.05) is 0 Å². The van der Waals surface area contributed by atoms with Crippen molar-refractivity contribution in [2.45, 2.75) is 141 Å². The van der Waals surface area contributed by atoms with Crippen LogP contribution in [-0.4, -0.2) is 18.4 Å². The third kappa shape index (κ3) is 18.0. The van der Waals surface area contributed by atoms with Gasteiger partial charge in [-0.3, -0.25) is 0 Å². The first-order valence-electron chi connectivity index (χ1n) is 12.7. The van der Waals surface area contributed by atoms with Crippen molar-refractivity contribution in [3.63, 3.8) is 0 Å². The SMILES string of the molecule is CCCCCCC#[C][Sn]([C]#CCCCCCC)([C]#CCCCCCC)[CH2]CCC. The van der Waals surface area contributed by atoms with Crippen molar-refractivity contribution in [3.05, 3.63) is 0 Å². The first-order chi connectivity index (χ1) is 14.2. The van der Waals surface area contributed by atoms with Gasteiger partial charge in [-0.2, -0.15) is 0 Å². The van der Waals surface area contributed by atoms with Gasteiger partial charge in [0.25, 0.3) is 0 Å². The topological polar surface area (TPSA) is 0 Å². The number of hydrogen-bond donors (Lipinski definition) is 0. The van der Waals surface area contributed by atoms with Crippen LogP contribution in [0.3, 0.4) is 0 Å². The molecule has 0 rings (SSSR count). The minimum atomic E-state index is -2.98. The standard InChI is InChI=1S/3C8H13.C4H9.Sn/c3*1-3-5-7-8-6-4-2;1-3-4-2;/h3*3,5-8H2,1H3;1,3-4H2,2H3;. The fraction of sp³-hybridized carbons (Fsp3) is 0.786. The van der Waals surface area contributed by atoms with Gasteiger partial charge in [-0.05, 0) is 0 Å². The summed E-state index contributed by atoms with van der Waals surface area (Å²) in [5, 5.41) is 0. The van der Waals surface area contributed by atoms with Crippen molar-refractivity contribution in [3.8, 4) is 29.6 Å². The second-order valence-corrected chi connectivity index (χ2v) is 17.1. The van der Waals surface area contributed by atoms with E-state index in [1.54, 1.807) is 0 Å². The van der Waals surface area contributed by atoms with E-state index in [9.17, 15) is 0 Å². The Morgan fingerprint density at radius 3 is 1.07 bits per heavy atom. The summed E-state index contributed by atoms with van der Waals surface area (Å²) in [7, 11) is 0. The quantitative estimate of drug-likeness (QED) is 0.119. The normalized spacial score (nSPS) is 10.3. The van der Waals surface area contributed by atoms with E-state index >= 15 is 0 Å². The molecule has 0 spiro atoms. The maximum absolute atomic E-state index is 3.76. The number of rotatable bonds is 15. The summed E-state index contributed by atoms with van der Waals surface area (Å²) in [4.78, 5) is 0. The van der Waals surface area contributed by atoms with Crippen LogP contribution in [0.4, 0.5) is 0 Å². The molecule has 0 aromatic carbocycles.